The molecular weight excluding hydrogens is 633 g/mol. The number of aryl methyl sites for hydroxylation is 2. The van der Waals surface area contributed by atoms with E-state index in [0.29, 0.717) is 5.92 Å². The van der Waals surface area contributed by atoms with Crippen molar-refractivity contribution in [3.05, 3.63) is 120 Å². The van der Waals surface area contributed by atoms with Gasteiger partial charge in [0.25, 0.3) is 0 Å². The largest absolute Gasteiger partial charge is 0.501 e. The molecule has 0 fully saturated rings. The van der Waals surface area contributed by atoms with E-state index < -0.39 is 0 Å². The van der Waals surface area contributed by atoms with Crippen LogP contribution in [0.25, 0.3) is 44.5 Å². The molecule has 0 N–H and O–H groups in total. The van der Waals surface area contributed by atoms with Gasteiger partial charge >= 0.3 is 0 Å². The molecule has 1 radical (unpaired) electrons. The first kappa shape index (κ1) is 26.5. The van der Waals surface area contributed by atoms with Crippen LogP contribution in [0.5, 0.6) is 0 Å². The Labute approximate surface area is 232 Å². The summed E-state index contributed by atoms with van der Waals surface area (Å²) in [5.74, 6) is 0.551. The molecule has 0 bridgehead atoms. The molecule has 0 amide bonds. The van der Waals surface area contributed by atoms with Gasteiger partial charge in [-0.05, 0) is 49.0 Å². The minimum Gasteiger partial charge on any atom is -0.501 e. The van der Waals surface area contributed by atoms with Crippen LogP contribution in [0, 0.1) is 26.0 Å². The summed E-state index contributed by atoms with van der Waals surface area (Å²) in [5, 5.41) is 2.25. The minimum absolute atomic E-state index is 0. The zero-order valence-corrected chi connectivity index (χ0v) is 23.8. The fraction of sp³-hybridized carbons (Fsp3) is 0.152. The molecule has 3 aromatic heterocycles. The number of furan rings is 1. The van der Waals surface area contributed by atoms with E-state index in [1.54, 1.807) is 6.20 Å². The van der Waals surface area contributed by atoms with Gasteiger partial charge in [0.2, 0.25) is 0 Å². The Bertz CT molecular complexity index is 1620. The van der Waals surface area contributed by atoms with Crippen LogP contribution in [0.2, 0.25) is 0 Å². The molecule has 0 aliphatic carbocycles. The summed E-state index contributed by atoms with van der Waals surface area (Å²) in [6.07, 6.45) is 3.61. The molecule has 3 heterocycles. The molecule has 0 aliphatic heterocycles. The van der Waals surface area contributed by atoms with Crippen molar-refractivity contribution in [1.82, 2.24) is 9.97 Å². The smallest absolute Gasteiger partial charge is 0.121 e. The average Bonchev–Trinajstić information content (AvgIpc) is 3.27. The van der Waals surface area contributed by atoms with Crippen LogP contribution in [0.4, 0.5) is 0 Å². The third-order valence-electron chi connectivity index (χ3n) is 6.28. The van der Waals surface area contributed by atoms with Crippen molar-refractivity contribution in [3.63, 3.8) is 0 Å². The molecule has 37 heavy (non-hydrogen) atoms. The van der Waals surface area contributed by atoms with Gasteiger partial charge in [0.1, 0.15) is 5.58 Å². The Morgan fingerprint density at radius 2 is 1.65 bits per heavy atom. The number of rotatable bonds is 3. The standard InChI is InChI=1S/C18H12NO.C15H16N.Ir/c1-12-8-9-13-14-5-4-6-15(16-7-2-3-10-19-16)18(14)20-17(13)11-12;1-11(2)13-6-8-14(9-7-13)15-12(3)5-4-10-16-15;/h2-5,7-11H,1H3;4-8,10-11H,1-3H3;/q2*-1;. The molecule has 0 saturated heterocycles. The van der Waals surface area contributed by atoms with E-state index in [1.165, 1.54) is 16.7 Å². The van der Waals surface area contributed by atoms with Gasteiger partial charge < -0.3 is 14.4 Å². The molecule has 6 rings (SSSR count). The van der Waals surface area contributed by atoms with Crippen LogP contribution in [-0.2, 0) is 20.1 Å². The fourth-order valence-corrected chi connectivity index (χ4v) is 4.26. The zero-order chi connectivity index (χ0) is 25.1. The van der Waals surface area contributed by atoms with Gasteiger partial charge in [-0.2, -0.15) is 0 Å². The van der Waals surface area contributed by atoms with Crippen LogP contribution < -0.4 is 0 Å². The van der Waals surface area contributed by atoms with E-state index in [-0.39, 0.29) is 20.1 Å². The Morgan fingerprint density at radius 1 is 0.811 bits per heavy atom. The van der Waals surface area contributed by atoms with Gasteiger partial charge in [0, 0.05) is 37.9 Å². The molecule has 3 aromatic carbocycles. The summed E-state index contributed by atoms with van der Waals surface area (Å²) in [6, 6.07) is 33.0. The Morgan fingerprint density at radius 3 is 2.35 bits per heavy atom. The van der Waals surface area contributed by atoms with E-state index in [0.717, 1.165) is 44.5 Å². The quantitative estimate of drug-likeness (QED) is 0.178. The van der Waals surface area contributed by atoms with Gasteiger partial charge in [-0.15, -0.1) is 53.6 Å². The van der Waals surface area contributed by atoms with Crippen LogP contribution in [-0.4, -0.2) is 9.97 Å². The van der Waals surface area contributed by atoms with Gasteiger partial charge in [0.15, 0.2) is 0 Å². The van der Waals surface area contributed by atoms with Crippen molar-refractivity contribution in [2.75, 3.05) is 0 Å². The van der Waals surface area contributed by atoms with Crippen LogP contribution in [0.3, 0.4) is 0 Å². The van der Waals surface area contributed by atoms with Gasteiger partial charge in [0.05, 0.1) is 5.58 Å². The number of aromatic nitrogens is 2. The third kappa shape index (κ3) is 5.72. The predicted octanol–water partition coefficient (Wildman–Crippen LogP) is 8.73. The minimum atomic E-state index is 0. The van der Waals surface area contributed by atoms with Crippen molar-refractivity contribution in [1.29, 1.82) is 0 Å². The maximum Gasteiger partial charge on any atom is 0.121 e. The van der Waals surface area contributed by atoms with Crippen molar-refractivity contribution in [2.45, 2.75) is 33.6 Å². The topological polar surface area (TPSA) is 38.9 Å². The number of hydrogen-bond acceptors (Lipinski definition) is 3. The Hall–Kier alpha value is -3.59. The number of nitrogens with zero attached hydrogens (tertiary/aromatic N) is 2. The third-order valence-corrected chi connectivity index (χ3v) is 6.28. The van der Waals surface area contributed by atoms with Crippen LogP contribution in [0.1, 0.15) is 36.5 Å². The number of benzene rings is 3. The van der Waals surface area contributed by atoms with E-state index in [1.807, 2.05) is 42.6 Å². The van der Waals surface area contributed by atoms with Gasteiger partial charge in [-0.3, -0.25) is 0 Å². The summed E-state index contributed by atoms with van der Waals surface area (Å²) in [4.78, 5) is 8.79. The molecule has 4 heteroatoms. The van der Waals surface area contributed by atoms with E-state index >= 15 is 0 Å². The molecule has 187 valence electrons. The van der Waals surface area contributed by atoms with E-state index in [9.17, 15) is 0 Å². The molecule has 0 spiro atoms. The Balaban J connectivity index is 0.000000173. The summed E-state index contributed by atoms with van der Waals surface area (Å²) < 4.78 is 6.05. The maximum absolute atomic E-state index is 6.05. The van der Waals surface area contributed by atoms with E-state index in [2.05, 4.69) is 92.3 Å². The molecule has 0 atom stereocenters. The number of hydrogen-bond donors (Lipinski definition) is 0. The molecule has 3 nitrogen and oxygen atoms in total. The monoisotopic (exact) mass is 661 g/mol. The SMILES string of the molecule is Cc1ccc2c(c1)oc1c(-c3ccccn3)[c-]ccc12.Cc1cccnc1-c1[c-]cc(C(C)C)cc1.[Ir]. The van der Waals surface area contributed by atoms with Crippen LogP contribution in [0.15, 0.2) is 95.7 Å². The maximum atomic E-state index is 6.05. The second-order valence-electron chi connectivity index (χ2n) is 9.27. The van der Waals surface area contributed by atoms with Crippen molar-refractivity contribution < 1.29 is 24.5 Å². The number of pyridine rings is 2. The molecule has 0 unspecified atom stereocenters. The summed E-state index contributed by atoms with van der Waals surface area (Å²) in [7, 11) is 0. The molecule has 0 aliphatic rings. The summed E-state index contributed by atoms with van der Waals surface area (Å²) >= 11 is 0. The first-order valence-corrected chi connectivity index (χ1v) is 12.2. The fourth-order valence-electron chi connectivity index (χ4n) is 4.26. The first-order valence-electron chi connectivity index (χ1n) is 12.2. The normalized spacial score (nSPS) is 10.7. The van der Waals surface area contributed by atoms with Crippen LogP contribution >= 0.6 is 0 Å². The molecule has 6 aromatic rings. The first-order chi connectivity index (χ1) is 17.5. The van der Waals surface area contributed by atoms with Crippen molar-refractivity contribution in [3.8, 4) is 22.5 Å². The summed E-state index contributed by atoms with van der Waals surface area (Å²) in [6.45, 7) is 8.52. The number of fused-ring (bicyclic) bond motifs is 3. The second kappa shape index (κ2) is 11.6. The molecular formula is C33H28IrN2O-2. The predicted molar refractivity (Wildman–Crippen MR) is 148 cm³/mol. The zero-order valence-electron chi connectivity index (χ0n) is 21.4. The second-order valence-corrected chi connectivity index (χ2v) is 9.27. The van der Waals surface area contributed by atoms with Crippen molar-refractivity contribution >= 4 is 21.9 Å². The van der Waals surface area contributed by atoms with Crippen molar-refractivity contribution in [2.24, 2.45) is 0 Å². The average molecular weight is 661 g/mol. The molecule has 0 saturated carbocycles. The van der Waals surface area contributed by atoms with E-state index in [4.69, 9.17) is 4.42 Å². The summed E-state index contributed by atoms with van der Waals surface area (Å²) in [5.41, 5.74) is 9.36. The van der Waals surface area contributed by atoms with Gasteiger partial charge in [-0.1, -0.05) is 66.6 Å². The van der Waals surface area contributed by atoms with Gasteiger partial charge in [-0.25, -0.2) is 0 Å². The Kier molecular flexibility index (Phi) is 8.33.